The van der Waals surface area contributed by atoms with Gasteiger partial charge in [0.05, 0.1) is 11.3 Å². The fraction of sp³-hybridized carbons (Fsp3) is 0.389. The van der Waals surface area contributed by atoms with E-state index in [1.165, 1.54) is 9.18 Å². The number of thiophene rings is 1. The molecule has 0 spiro atoms. The third kappa shape index (κ3) is 3.13. The van der Waals surface area contributed by atoms with Crippen molar-refractivity contribution in [1.29, 1.82) is 0 Å². The minimum absolute atomic E-state index is 0.142. The molecule has 1 aliphatic heterocycles. The number of carbonyl (C=O) groups excluding carboxylic acids is 1. The van der Waals surface area contributed by atoms with Gasteiger partial charge in [-0.3, -0.25) is 9.10 Å². The standard InChI is InChI=1S/C18H21N3O3S2/c1-11-2-5-14-15(10-25-17(14)8-11)18(22)20-13-4-3-12-6-7-21(16(12)9-13)26(19,23)24/h3-4,9-11H,2,5-8H2,1H3,(H,20,22)(H2,19,23,24). The number of benzene rings is 1. The van der Waals surface area contributed by atoms with Crippen molar-refractivity contribution in [3.05, 3.63) is 45.1 Å². The lowest BCUT2D eigenvalue weighted by Crippen LogP contribution is -2.35. The molecule has 3 N–H and O–H groups in total. The molecule has 0 saturated carbocycles. The average Bonchev–Trinajstić information content (AvgIpc) is 3.17. The molecule has 2 aliphatic rings. The first-order valence-electron chi connectivity index (χ1n) is 8.67. The summed E-state index contributed by atoms with van der Waals surface area (Å²) in [5.41, 5.74) is 3.94. The van der Waals surface area contributed by atoms with Crippen LogP contribution in [0.2, 0.25) is 0 Å². The van der Waals surface area contributed by atoms with Gasteiger partial charge in [0, 0.05) is 22.5 Å². The first-order chi connectivity index (χ1) is 12.3. The Kier molecular flexibility index (Phi) is 4.29. The lowest BCUT2D eigenvalue weighted by molar-refractivity contribution is 0.102. The van der Waals surface area contributed by atoms with Gasteiger partial charge in [-0.1, -0.05) is 13.0 Å². The lowest BCUT2D eigenvalue weighted by Gasteiger charge is -2.19. The minimum atomic E-state index is -3.80. The van der Waals surface area contributed by atoms with Gasteiger partial charge in [0.25, 0.3) is 16.1 Å². The van der Waals surface area contributed by atoms with Crippen LogP contribution in [0, 0.1) is 5.92 Å². The topological polar surface area (TPSA) is 92.5 Å². The van der Waals surface area contributed by atoms with Crippen LogP contribution in [0.5, 0.6) is 0 Å². The predicted molar refractivity (Wildman–Crippen MR) is 104 cm³/mol. The van der Waals surface area contributed by atoms with Crippen LogP contribution in [0.4, 0.5) is 11.4 Å². The van der Waals surface area contributed by atoms with E-state index in [9.17, 15) is 13.2 Å². The lowest BCUT2D eigenvalue weighted by atomic mass is 9.88. The normalized spacial score (nSPS) is 19.2. The molecule has 6 nitrogen and oxygen atoms in total. The van der Waals surface area contributed by atoms with Crippen LogP contribution in [-0.2, 0) is 29.5 Å². The third-order valence-electron chi connectivity index (χ3n) is 5.15. The minimum Gasteiger partial charge on any atom is -0.322 e. The van der Waals surface area contributed by atoms with E-state index in [-0.39, 0.29) is 5.91 Å². The van der Waals surface area contributed by atoms with Crippen molar-refractivity contribution in [2.45, 2.75) is 32.6 Å². The highest BCUT2D eigenvalue weighted by molar-refractivity contribution is 7.90. The van der Waals surface area contributed by atoms with Gasteiger partial charge in [-0.15, -0.1) is 11.3 Å². The maximum atomic E-state index is 12.7. The highest BCUT2D eigenvalue weighted by Gasteiger charge is 2.27. The first-order valence-corrected chi connectivity index (χ1v) is 11.0. The van der Waals surface area contributed by atoms with Gasteiger partial charge in [-0.05, 0) is 54.9 Å². The second-order valence-electron chi connectivity index (χ2n) is 7.06. The summed E-state index contributed by atoms with van der Waals surface area (Å²) in [7, 11) is -3.80. The molecule has 0 saturated heterocycles. The Balaban J connectivity index is 1.58. The smallest absolute Gasteiger partial charge is 0.299 e. The van der Waals surface area contributed by atoms with Crippen LogP contribution in [0.3, 0.4) is 0 Å². The zero-order valence-corrected chi connectivity index (χ0v) is 16.1. The Bertz CT molecular complexity index is 982. The summed E-state index contributed by atoms with van der Waals surface area (Å²) >= 11 is 1.65. The van der Waals surface area contributed by atoms with Crippen LogP contribution in [-0.4, -0.2) is 20.9 Å². The van der Waals surface area contributed by atoms with Crippen molar-refractivity contribution < 1.29 is 13.2 Å². The van der Waals surface area contributed by atoms with Gasteiger partial charge in [0.1, 0.15) is 0 Å². The number of hydrogen-bond acceptors (Lipinski definition) is 4. The second-order valence-corrected chi connectivity index (χ2v) is 9.50. The van der Waals surface area contributed by atoms with Gasteiger partial charge >= 0.3 is 0 Å². The third-order valence-corrected chi connectivity index (χ3v) is 7.19. The molecule has 0 bridgehead atoms. The molecular formula is C18H21N3O3S2. The summed E-state index contributed by atoms with van der Waals surface area (Å²) in [5.74, 6) is 0.523. The highest BCUT2D eigenvalue weighted by atomic mass is 32.2. The molecule has 1 aromatic carbocycles. The number of hydrogen-bond donors (Lipinski definition) is 2. The Morgan fingerprint density at radius 2 is 2.15 bits per heavy atom. The summed E-state index contributed by atoms with van der Waals surface area (Å²) in [6, 6.07) is 5.34. The molecule has 2 aromatic rings. The second kappa shape index (κ2) is 6.37. The molecule has 8 heteroatoms. The first kappa shape index (κ1) is 17.5. The number of fused-ring (bicyclic) bond motifs is 2. The van der Waals surface area contributed by atoms with E-state index in [2.05, 4.69) is 12.2 Å². The number of amides is 1. The number of nitrogens with two attached hydrogens (primary N) is 1. The highest BCUT2D eigenvalue weighted by Crippen LogP contribution is 2.34. The maximum Gasteiger partial charge on any atom is 0.299 e. The van der Waals surface area contributed by atoms with Crippen LogP contribution < -0.4 is 14.8 Å². The van der Waals surface area contributed by atoms with Crippen molar-refractivity contribution in [3.63, 3.8) is 0 Å². The predicted octanol–water partition coefficient (Wildman–Crippen LogP) is 2.69. The molecule has 2 heterocycles. The van der Waals surface area contributed by atoms with E-state index < -0.39 is 10.2 Å². The summed E-state index contributed by atoms with van der Waals surface area (Å²) in [5, 5.41) is 10.1. The van der Waals surface area contributed by atoms with E-state index in [0.717, 1.165) is 36.0 Å². The van der Waals surface area contributed by atoms with E-state index >= 15 is 0 Å². The van der Waals surface area contributed by atoms with Crippen molar-refractivity contribution in [1.82, 2.24) is 0 Å². The van der Waals surface area contributed by atoms with Gasteiger partial charge in [0.15, 0.2) is 0 Å². The monoisotopic (exact) mass is 391 g/mol. The molecule has 138 valence electrons. The number of carbonyl (C=O) groups is 1. The van der Waals surface area contributed by atoms with Gasteiger partial charge in [0.2, 0.25) is 0 Å². The summed E-state index contributed by atoms with van der Waals surface area (Å²) in [6.45, 7) is 2.58. The average molecular weight is 392 g/mol. The Hall–Kier alpha value is -1.90. The molecule has 0 radical (unpaired) electrons. The zero-order chi connectivity index (χ0) is 18.5. The number of nitrogens with one attached hydrogen (secondary N) is 1. The van der Waals surface area contributed by atoms with Crippen molar-refractivity contribution in [3.8, 4) is 0 Å². The molecule has 1 amide bonds. The van der Waals surface area contributed by atoms with Gasteiger partial charge in [-0.2, -0.15) is 8.42 Å². The fourth-order valence-electron chi connectivity index (χ4n) is 3.76. The molecule has 0 fully saturated rings. The molecule has 1 aromatic heterocycles. The van der Waals surface area contributed by atoms with Crippen molar-refractivity contribution in [2.75, 3.05) is 16.2 Å². The van der Waals surface area contributed by atoms with Crippen molar-refractivity contribution in [2.24, 2.45) is 11.1 Å². The SMILES string of the molecule is CC1CCc2c(C(=O)Nc3ccc4c(c3)N(S(N)(=O)=O)CC4)csc2C1. The van der Waals surface area contributed by atoms with E-state index in [1.807, 2.05) is 17.5 Å². The molecule has 1 atom stereocenters. The van der Waals surface area contributed by atoms with Crippen molar-refractivity contribution >= 4 is 38.8 Å². The largest absolute Gasteiger partial charge is 0.322 e. The summed E-state index contributed by atoms with van der Waals surface area (Å²) in [4.78, 5) is 14.1. The van der Waals surface area contributed by atoms with Crippen LogP contribution in [0.1, 0.15) is 39.7 Å². The Labute approximate surface area is 157 Å². The van der Waals surface area contributed by atoms with Gasteiger partial charge < -0.3 is 5.32 Å². The number of rotatable bonds is 3. The van der Waals surface area contributed by atoms with E-state index in [4.69, 9.17) is 5.14 Å². The number of anilines is 2. The quantitative estimate of drug-likeness (QED) is 0.842. The summed E-state index contributed by atoms with van der Waals surface area (Å²) < 4.78 is 24.6. The maximum absolute atomic E-state index is 12.7. The fourth-order valence-corrected chi connectivity index (χ4v) is 5.79. The summed E-state index contributed by atoms with van der Waals surface area (Å²) in [6.07, 6.45) is 3.70. The zero-order valence-electron chi connectivity index (χ0n) is 14.5. The molecule has 1 aliphatic carbocycles. The number of nitrogens with zero attached hydrogens (tertiary/aromatic N) is 1. The van der Waals surface area contributed by atoms with Crippen LogP contribution >= 0.6 is 11.3 Å². The molecular weight excluding hydrogens is 370 g/mol. The van der Waals surface area contributed by atoms with Crippen LogP contribution in [0.25, 0.3) is 0 Å². The van der Waals surface area contributed by atoms with Gasteiger partial charge in [-0.25, -0.2) is 5.14 Å². The van der Waals surface area contributed by atoms with Crippen LogP contribution in [0.15, 0.2) is 23.6 Å². The molecule has 1 unspecified atom stereocenters. The Morgan fingerprint density at radius 3 is 2.92 bits per heavy atom. The van der Waals surface area contributed by atoms with E-state index in [1.54, 1.807) is 17.4 Å². The Morgan fingerprint density at radius 1 is 1.35 bits per heavy atom. The molecule has 26 heavy (non-hydrogen) atoms. The van der Waals surface area contributed by atoms with E-state index in [0.29, 0.717) is 30.3 Å². The molecule has 4 rings (SSSR count).